The van der Waals surface area contributed by atoms with Crippen molar-refractivity contribution in [1.29, 1.82) is 0 Å². The highest BCUT2D eigenvalue weighted by Crippen LogP contribution is 2.23. The Kier molecular flexibility index (Phi) is 3.74. The molecular weight excluding hydrogens is 316 g/mol. The van der Waals surface area contributed by atoms with Gasteiger partial charge in [-0.15, -0.1) is 10.2 Å². The van der Waals surface area contributed by atoms with Crippen LogP contribution >= 0.6 is 0 Å². The third kappa shape index (κ3) is 2.87. The van der Waals surface area contributed by atoms with Crippen LogP contribution in [0, 0.1) is 0 Å². The molecule has 4 aromatic rings. The van der Waals surface area contributed by atoms with Gasteiger partial charge in [0.2, 0.25) is 0 Å². The van der Waals surface area contributed by atoms with Crippen LogP contribution < -0.4 is 5.43 Å². The molecule has 0 aliphatic heterocycles. The Bertz CT molecular complexity index is 1090. The first-order chi connectivity index (χ1) is 12.2. The molecule has 3 N–H and O–H groups in total. The minimum absolute atomic E-state index is 0.157. The summed E-state index contributed by atoms with van der Waals surface area (Å²) in [7, 11) is 0. The molecule has 0 atom stereocenters. The van der Waals surface area contributed by atoms with Crippen LogP contribution in [-0.2, 0) is 6.42 Å². The van der Waals surface area contributed by atoms with Crippen molar-refractivity contribution in [3.63, 3.8) is 0 Å². The van der Waals surface area contributed by atoms with E-state index in [2.05, 4.69) is 49.7 Å². The number of aromatic nitrogens is 4. The van der Waals surface area contributed by atoms with Crippen LogP contribution in [0.2, 0.25) is 0 Å². The van der Waals surface area contributed by atoms with E-state index >= 15 is 0 Å². The molecule has 7 nitrogen and oxygen atoms in total. The summed E-state index contributed by atoms with van der Waals surface area (Å²) >= 11 is 0. The van der Waals surface area contributed by atoms with Gasteiger partial charge in [0.1, 0.15) is 11.3 Å². The zero-order valence-corrected chi connectivity index (χ0v) is 13.6. The number of aromatic amines is 1. The van der Waals surface area contributed by atoms with Gasteiger partial charge in [-0.05, 0) is 36.2 Å². The number of nitrogens with zero attached hydrogens (tertiary/aromatic N) is 4. The van der Waals surface area contributed by atoms with Gasteiger partial charge in [-0.25, -0.2) is 5.43 Å². The largest absolute Gasteiger partial charge is 0.507 e. The third-order valence-electron chi connectivity index (χ3n) is 3.99. The van der Waals surface area contributed by atoms with E-state index in [0.717, 1.165) is 22.8 Å². The molecule has 25 heavy (non-hydrogen) atoms. The number of anilines is 1. The summed E-state index contributed by atoms with van der Waals surface area (Å²) < 4.78 is 0. The molecule has 0 unspecified atom stereocenters. The first-order valence-electron chi connectivity index (χ1n) is 7.96. The standard InChI is InChI=1S/C18H16N6O/c1-2-11-7-8-14-13(9-11)16-17(20-14)21-18(24-22-16)23-19-10-12-5-3-4-6-15(12)25/h3-10,25H,2H2,1H3,(H2,20,21,23,24)/b19-10-. The summed E-state index contributed by atoms with van der Waals surface area (Å²) in [5, 5.41) is 23.1. The van der Waals surface area contributed by atoms with Crippen molar-refractivity contribution >= 4 is 34.2 Å². The number of hydrogen-bond acceptors (Lipinski definition) is 6. The second-order valence-electron chi connectivity index (χ2n) is 5.62. The number of para-hydroxylation sites is 1. The van der Waals surface area contributed by atoms with E-state index in [0.29, 0.717) is 11.2 Å². The van der Waals surface area contributed by atoms with Crippen molar-refractivity contribution in [3.05, 3.63) is 53.6 Å². The molecule has 7 heteroatoms. The third-order valence-corrected chi connectivity index (χ3v) is 3.99. The molecular formula is C18H16N6O. The SMILES string of the molecule is CCc1ccc2[nH]c3nc(N/N=C\c4ccccc4O)nnc3c2c1. The Hall–Kier alpha value is -3.48. The number of fused-ring (bicyclic) bond motifs is 3. The number of phenols is 1. The van der Waals surface area contributed by atoms with E-state index in [1.165, 1.54) is 11.8 Å². The number of H-pyrrole nitrogens is 1. The lowest BCUT2D eigenvalue weighted by Gasteiger charge is -1.99. The highest BCUT2D eigenvalue weighted by molar-refractivity contribution is 6.03. The number of aromatic hydroxyl groups is 1. The smallest absolute Gasteiger partial charge is 0.265 e. The summed E-state index contributed by atoms with van der Waals surface area (Å²) in [6, 6.07) is 13.1. The van der Waals surface area contributed by atoms with Gasteiger partial charge in [0.15, 0.2) is 5.65 Å². The van der Waals surface area contributed by atoms with E-state index in [1.807, 2.05) is 12.1 Å². The van der Waals surface area contributed by atoms with Crippen LogP contribution in [0.3, 0.4) is 0 Å². The number of benzene rings is 2. The van der Waals surface area contributed by atoms with E-state index in [1.54, 1.807) is 18.2 Å². The van der Waals surface area contributed by atoms with E-state index in [-0.39, 0.29) is 11.7 Å². The van der Waals surface area contributed by atoms with Crippen molar-refractivity contribution in [2.45, 2.75) is 13.3 Å². The van der Waals surface area contributed by atoms with Crippen molar-refractivity contribution in [2.24, 2.45) is 5.10 Å². The summed E-state index contributed by atoms with van der Waals surface area (Å²) in [6.45, 7) is 2.12. The number of aryl methyl sites for hydroxylation is 1. The maximum Gasteiger partial charge on any atom is 0.265 e. The molecule has 0 saturated carbocycles. The van der Waals surface area contributed by atoms with Crippen molar-refractivity contribution in [1.82, 2.24) is 20.2 Å². The molecule has 0 bridgehead atoms. The van der Waals surface area contributed by atoms with Crippen LogP contribution in [0.4, 0.5) is 5.95 Å². The van der Waals surface area contributed by atoms with Crippen LogP contribution in [0.5, 0.6) is 5.75 Å². The van der Waals surface area contributed by atoms with E-state index < -0.39 is 0 Å². The molecule has 0 saturated heterocycles. The lowest BCUT2D eigenvalue weighted by atomic mass is 10.1. The van der Waals surface area contributed by atoms with Gasteiger partial charge in [0.25, 0.3) is 5.95 Å². The summed E-state index contributed by atoms with van der Waals surface area (Å²) in [4.78, 5) is 7.65. The molecule has 0 aliphatic carbocycles. The Morgan fingerprint density at radius 2 is 2.08 bits per heavy atom. The summed E-state index contributed by atoms with van der Waals surface area (Å²) in [5.41, 5.74) is 6.94. The highest BCUT2D eigenvalue weighted by atomic mass is 16.3. The van der Waals surface area contributed by atoms with Gasteiger partial charge in [0, 0.05) is 16.5 Å². The molecule has 0 aliphatic rings. The van der Waals surface area contributed by atoms with Crippen LogP contribution in [-0.4, -0.2) is 31.5 Å². The van der Waals surface area contributed by atoms with E-state index in [9.17, 15) is 5.11 Å². The Labute approximate surface area is 143 Å². The van der Waals surface area contributed by atoms with Gasteiger partial charge in [0.05, 0.1) is 6.21 Å². The van der Waals surface area contributed by atoms with Crippen LogP contribution in [0.15, 0.2) is 47.6 Å². The monoisotopic (exact) mass is 332 g/mol. The molecule has 0 spiro atoms. The van der Waals surface area contributed by atoms with E-state index in [4.69, 9.17) is 0 Å². The molecule has 124 valence electrons. The zero-order valence-electron chi connectivity index (χ0n) is 13.6. The fraction of sp³-hybridized carbons (Fsp3) is 0.111. The second-order valence-corrected chi connectivity index (χ2v) is 5.62. The fourth-order valence-corrected chi connectivity index (χ4v) is 2.64. The lowest BCUT2D eigenvalue weighted by molar-refractivity contribution is 0.474. The minimum atomic E-state index is 0.157. The normalized spacial score (nSPS) is 11.6. The Morgan fingerprint density at radius 3 is 2.92 bits per heavy atom. The van der Waals surface area contributed by atoms with Crippen molar-refractivity contribution in [3.8, 4) is 5.75 Å². The lowest BCUT2D eigenvalue weighted by Crippen LogP contribution is -1.99. The zero-order chi connectivity index (χ0) is 17.2. The predicted molar refractivity (Wildman–Crippen MR) is 97.9 cm³/mol. The summed E-state index contributed by atoms with van der Waals surface area (Å²) in [6.07, 6.45) is 2.46. The average molecular weight is 332 g/mol. The molecule has 0 amide bonds. The fourth-order valence-electron chi connectivity index (χ4n) is 2.64. The average Bonchev–Trinajstić information content (AvgIpc) is 3.00. The number of phenolic OH excluding ortho intramolecular Hbond substituents is 1. The molecule has 0 fully saturated rings. The molecule has 4 rings (SSSR count). The first-order valence-corrected chi connectivity index (χ1v) is 7.96. The molecule has 2 aromatic carbocycles. The number of nitrogens with one attached hydrogen (secondary N) is 2. The topological polar surface area (TPSA) is 99.1 Å². The highest BCUT2D eigenvalue weighted by Gasteiger charge is 2.09. The van der Waals surface area contributed by atoms with Gasteiger partial charge in [-0.2, -0.15) is 10.1 Å². The second kappa shape index (κ2) is 6.20. The number of hydrogen-bond donors (Lipinski definition) is 3. The number of hydrazone groups is 1. The maximum absolute atomic E-state index is 9.70. The van der Waals surface area contributed by atoms with Crippen LogP contribution in [0.25, 0.3) is 22.1 Å². The first kappa shape index (κ1) is 15.1. The quantitative estimate of drug-likeness (QED) is 0.394. The van der Waals surface area contributed by atoms with Gasteiger partial charge in [-0.1, -0.05) is 25.1 Å². The van der Waals surface area contributed by atoms with Crippen LogP contribution in [0.1, 0.15) is 18.1 Å². The molecule has 2 aromatic heterocycles. The summed E-state index contributed by atoms with van der Waals surface area (Å²) in [5.74, 6) is 0.436. The minimum Gasteiger partial charge on any atom is -0.507 e. The Balaban J connectivity index is 1.63. The number of rotatable bonds is 4. The predicted octanol–water partition coefficient (Wildman–Crippen LogP) is 3.22. The van der Waals surface area contributed by atoms with Crippen molar-refractivity contribution < 1.29 is 5.11 Å². The maximum atomic E-state index is 9.70. The molecule has 0 radical (unpaired) electrons. The van der Waals surface area contributed by atoms with Gasteiger partial charge in [-0.3, -0.25) is 0 Å². The Morgan fingerprint density at radius 1 is 1.20 bits per heavy atom. The molecule has 2 heterocycles. The van der Waals surface area contributed by atoms with Gasteiger partial charge < -0.3 is 10.1 Å². The van der Waals surface area contributed by atoms with Crippen molar-refractivity contribution in [2.75, 3.05) is 5.43 Å². The van der Waals surface area contributed by atoms with Gasteiger partial charge >= 0.3 is 0 Å².